The molecule has 2 heterocycles. The molecule has 13 heteroatoms. The first-order valence-electron chi connectivity index (χ1n) is 10.3. The molecule has 1 fully saturated rings. The SMILES string of the molecule is CSc1nc(Cl)c(C(N)=O)c(Nc2c(F)cc(N3CCN(C(=O)OC(C)(C)C)CC3)cc2F)n1. The van der Waals surface area contributed by atoms with E-state index >= 15 is 0 Å². The van der Waals surface area contributed by atoms with Crippen LogP contribution in [0.5, 0.6) is 0 Å². The molecule has 0 atom stereocenters. The normalized spacial score (nSPS) is 14.2. The average Bonchev–Trinajstić information content (AvgIpc) is 2.74. The molecule has 1 aromatic heterocycles. The number of piperazine rings is 1. The van der Waals surface area contributed by atoms with Gasteiger partial charge in [0, 0.05) is 31.9 Å². The van der Waals surface area contributed by atoms with Gasteiger partial charge < -0.3 is 25.6 Å². The molecule has 9 nitrogen and oxygen atoms in total. The number of halogens is 3. The van der Waals surface area contributed by atoms with Gasteiger partial charge in [0.2, 0.25) is 0 Å². The number of amides is 2. The Labute approximate surface area is 205 Å². The molecule has 0 spiro atoms. The lowest BCUT2D eigenvalue weighted by Crippen LogP contribution is -2.50. The second kappa shape index (κ2) is 10.2. The largest absolute Gasteiger partial charge is 0.444 e. The van der Waals surface area contributed by atoms with E-state index in [1.165, 1.54) is 0 Å². The molecule has 184 valence electrons. The number of primary amides is 1. The zero-order chi connectivity index (χ0) is 25.2. The van der Waals surface area contributed by atoms with Crippen molar-refractivity contribution in [3.63, 3.8) is 0 Å². The number of hydrogen-bond donors (Lipinski definition) is 2. The van der Waals surface area contributed by atoms with Crippen LogP contribution in [0.15, 0.2) is 17.3 Å². The van der Waals surface area contributed by atoms with Crippen molar-refractivity contribution >= 4 is 52.6 Å². The Morgan fingerprint density at radius 2 is 1.74 bits per heavy atom. The molecule has 2 amide bonds. The standard InChI is InChI=1S/C21H25ClF2N6O3S/c1-21(2,3)33-20(32)30-7-5-29(6-8-30)11-9-12(23)15(13(24)10-11)26-18-14(17(25)31)16(22)27-19(28-18)34-4/h9-10H,5-8H2,1-4H3,(H2,25,31)(H,26,27,28). The van der Waals surface area contributed by atoms with E-state index in [0.29, 0.717) is 31.9 Å². The number of rotatable bonds is 5. The van der Waals surface area contributed by atoms with E-state index in [1.54, 1.807) is 36.8 Å². The Bertz CT molecular complexity index is 1080. The molecule has 0 bridgehead atoms. The Kier molecular flexibility index (Phi) is 7.71. The van der Waals surface area contributed by atoms with Crippen molar-refractivity contribution in [3.05, 3.63) is 34.5 Å². The summed E-state index contributed by atoms with van der Waals surface area (Å²) in [5.41, 5.74) is 4.25. The van der Waals surface area contributed by atoms with E-state index < -0.39 is 34.9 Å². The van der Waals surface area contributed by atoms with Gasteiger partial charge >= 0.3 is 6.09 Å². The second-order valence-corrected chi connectivity index (χ2v) is 9.58. The van der Waals surface area contributed by atoms with E-state index in [4.69, 9.17) is 22.1 Å². The number of thioether (sulfide) groups is 1. The first-order valence-corrected chi connectivity index (χ1v) is 11.9. The predicted octanol–water partition coefficient (Wildman–Crippen LogP) is 4.03. The number of nitrogens with zero attached hydrogens (tertiary/aromatic N) is 4. The summed E-state index contributed by atoms with van der Waals surface area (Å²) in [6.07, 6.45) is 1.25. The van der Waals surface area contributed by atoms with Crippen molar-refractivity contribution in [1.29, 1.82) is 0 Å². The fourth-order valence-corrected chi connectivity index (χ4v) is 3.95. The number of nitrogens with one attached hydrogen (secondary N) is 1. The molecule has 1 saturated heterocycles. The van der Waals surface area contributed by atoms with Gasteiger partial charge in [-0.2, -0.15) is 0 Å². The van der Waals surface area contributed by atoms with Crippen molar-refractivity contribution in [2.75, 3.05) is 42.7 Å². The topological polar surface area (TPSA) is 114 Å². The van der Waals surface area contributed by atoms with Crippen LogP contribution in [-0.2, 0) is 4.74 Å². The van der Waals surface area contributed by atoms with Crippen LogP contribution < -0.4 is 16.0 Å². The highest BCUT2D eigenvalue weighted by Gasteiger charge is 2.27. The fraction of sp³-hybridized carbons (Fsp3) is 0.429. The van der Waals surface area contributed by atoms with E-state index in [2.05, 4.69) is 15.3 Å². The van der Waals surface area contributed by atoms with E-state index in [0.717, 1.165) is 23.9 Å². The minimum atomic E-state index is -0.944. The van der Waals surface area contributed by atoms with Crippen LogP contribution >= 0.6 is 23.4 Å². The summed E-state index contributed by atoms with van der Waals surface area (Å²) in [5.74, 6) is -2.95. The van der Waals surface area contributed by atoms with Gasteiger partial charge in [-0.05, 0) is 39.2 Å². The molecule has 34 heavy (non-hydrogen) atoms. The highest BCUT2D eigenvalue weighted by Crippen LogP contribution is 2.32. The van der Waals surface area contributed by atoms with Gasteiger partial charge in [-0.15, -0.1) is 0 Å². The molecule has 1 aromatic carbocycles. The molecule has 0 aliphatic carbocycles. The van der Waals surface area contributed by atoms with Gasteiger partial charge in [0.25, 0.3) is 5.91 Å². The van der Waals surface area contributed by atoms with Crippen LogP contribution in [0.3, 0.4) is 0 Å². The van der Waals surface area contributed by atoms with Crippen molar-refractivity contribution in [3.8, 4) is 0 Å². The fourth-order valence-electron chi connectivity index (χ4n) is 3.27. The number of nitrogens with two attached hydrogens (primary N) is 1. The molecule has 1 aliphatic rings. The Hall–Kier alpha value is -2.86. The van der Waals surface area contributed by atoms with Gasteiger partial charge in [-0.1, -0.05) is 23.4 Å². The van der Waals surface area contributed by atoms with Crippen LogP contribution in [0.2, 0.25) is 5.15 Å². The quantitative estimate of drug-likeness (QED) is 0.349. The molecule has 0 saturated carbocycles. The van der Waals surface area contributed by atoms with Crippen LogP contribution in [0, 0.1) is 11.6 Å². The minimum Gasteiger partial charge on any atom is -0.444 e. The van der Waals surface area contributed by atoms with Crippen LogP contribution in [0.25, 0.3) is 0 Å². The number of carbonyl (C=O) groups is 2. The third kappa shape index (κ3) is 5.98. The van der Waals surface area contributed by atoms with Crippen LogP contribution in [0.4, 0.5) is 30.8 Å². The summed E-state index contributed by atoms with van der Waals surface area (Å²) in [4.78, 5) is 35.3. The number of ether oxygens (including phenoxy) is 1. The van der Waals surface area contributed by atoms with E-state index in [1.807, 2.05) is 0 Å². The van der Waals surface area contributed by atoms with Crippen LogP contribution in [0.1, 0.15) is 31.1 Å². The highest BCUT2D eigenvalue weighted by atomic mass is 35.5. The number of anilines is 3. The average molecular weight is 515 g/mol. The number of hydrogen-bond acceptors (Lipinski definition) is 8. The molecule has 3 N–H and O–H groups in total. The molecule has 2 aromatic rings. The molecule has 3 rings (SSSR count). The Morgan fingerprint density at radius 3 is 2.24 bits per heavy atom. The summed E-state index contributed by atoms with van der Waals surface area (Å²) in [6, 6.07) is 2.33. The zero-order valence-corrected chi connectivity index (χ0v) is 20.7. The van der Waals surface area contributed by atoms with Gasteiger partial charge in [-0.25, -0.2) is 23.5 Å². The lowest BCUT2D eigenvalue weighted by Gasteiger charge is -2.36. The van der Waals surface area contributed by atoms with E-state index in [-0.39, 0.29) is 21.7 Å². The van der Waals surface area contributed by atoms with Gasteiger partial charge in [0.1, 0.15) is 27.8 Å². The van der Waals surface area contributed by atoms with Crippen molar-refractivity contribution < 1.29 is 23.1 Å². The summed E-state index contributed by atoms with van der Waals surface area (Å²) < 4.78 is 35.3. The smallest absolute Gasteiger partial charge is 0.410 e. The first kappa shape index (κ1) is 25.8. The third-order valence-electron chi connectivity index (χ3n) is 4.84. The second-order valence-electron chi connectivity index (χ2n) is 8.45. The number of aromatic nitrogens is 2. The monoisotopic (exact) mass is 514 g/mol. The Balaban J connectivity index is 1.79. The summed E-state index contributed by atoms with van der Waals surface area (Å²) in [5, 5.41) is 2.46. The van der Waals surface area contributed by atoms with Crippen LogP contribution in [-0.4, -0.2) is 64.9 Å². The molecular weight excluding hydrogens is 490 g/mol. The van der Waals surface area contributed by atoms with Gasteiger partial charge in [0.05, 0.1) is 0 Å². The number of benzene rings is 1. The third-order valence-corrected chi connectivity index (χ3v) is 5.66. The van der Waals surface area contributed by atoms with Gasteiger partial charge in [0.15, 0.2) is 16.8 Å². The lowest BCUT2D eigenvalue weighted by molar-refractivity contribution is 0.0240. The summed E-state index contributed by atoms with van der Waals surface area (Å²) >= 11 is 7.15. The maximum atomic E-state index is 14.9. The van der Waals surface area contributed by atoms with E-state index in [9.17, 15) is 18.4 Å². The maximum Gasteiger partial charge on any atom is 0.410 e. The first-order chi connectivity index (χ1) is 15.9. The molecular formula is C21H25ClF2N6O3S. The Morgan fingerprint density at radius 1 is 1.15 bits per heavy atom. The molecule has 0 unspecified atom stereocenters. The van der Waals surface area contributed by atoms with Crippen molar-refractivity contribution in [1.82, 2.24) is 14.9 Å². The summed E-state index contributed by atoms with van der Waals surface area (Å²) in [6.45, 7) is 6.78. The molecule has 1 aliphatic heterocycles. The highest BCUT2D eigenvalue weighted by molar-refractivity contribution is 7.98. The van der Waals surface area contributed by atoms with Gasteiger partial charge in [-0.3, -0.25) is 4.79 Å². The predicted molar refractivity (Wildman–Crippen MR) is 127 cm³/mol. The minimum absolute atomic E-state index is 0.192. The van der Waals surface area contributed by atoms with Crippen molar-refractivity contribution in [2.45, 2.75) is 31.5 Å². The number of carbonyl (C=O) groups excluding carboxylic acids is 2. The lowest BCUT2D eigenvalue weighted by atomic mass is 10.2. The zero-order valence-electron chi connectivity index (χ0n) is 19.1. The maximum absolute atomic E-state index is 14.9. The van der Waals surface area contributed by atoms with Crippen molar-refractivity contribution in [2.24, 2.45) is 5.73 Å². The summed E-state index contributed by atoms with van der Waals surface area (Å²) in [7, 11) is 0. The molecule has 0 radical (unpaired) electrons.